The Hall–Kier alpha value is -1.42. The van der Waals surface area contributed by atoms with Gasteiger partial charge in [-0.2, -0.15) is 0 Å². The summed E-state index contributed by atoms with van der Waals surface area (Å²) in [6.07, 6.45) is -0.936. The number of aliphatic hydroxyl groups is 1. The smallest absolute Gasteiger partial charge is 0.194 e. The van der Waals surface area contributed by atoms with Crippen LogP contribution in [-0.2, 0) is 0 Å². The molecule has 12 heavy (non-hydrogen) atoms. The highest BCUT2D eigenvalue weighted by molar-refractivity contribution is 5.55. The normalized spacial score (nSPS) is 12.5. The van der Waals surface area contributed by atoms with Crippen LogP contribution in [0.4, 0.5) is 5.69 Å². The van der Waals surface area contributed by atoms with E-state index in [4.69, 9.17) is 20.7 Å². The Morgan fingerprint density at radius 1 is 1.50 bits per heavy atom. The molecule has 0 heterocycles. The fourth-order valence-corrected chi connectivity index (χ4v) is 0.809. The number of nitrogens with two attached hydrogens (primary N) is 1. The van der Waals surface area contributed by atoms with Crippen LogP contribution in [0.2, 0.25) is 0 Å². The number of phenolic OH excluding ortho intramolecular Hbond substituents is 1. The third kappa shape index (κ3) is 2.03. The number of anilines is 1. The molecule has 1 aromatic carbocycles. The van der Waals surface area contributed by atoms with Gasteiger partial charge in [0.15, 0.2) is 6.29 Å². The van der Waals surface area contributed by atoms with Crippen LogP contribution in [-0.4, -0.2) is 16.5 Å². The maximum absolute atomic E-state index is 9.03. The predicted octanol–water partition coefficient (Wildman–Crippen LogP) is 0.692. The predicted molar refractivity (Wildman–Crippen MR) is 44.8 cm³/mol. The monoisotopic (exact) mass is 169 g/mol. The van der Waals surface area contributed by atoms with Gasteiger partial charge in [-0.05, 0) is 19.1 Å². The third-order valence-corrected chi connectivity index (χ3v) is 1.29. The standard InChI is InChI=1S/C8H11NO3/c1-5(10)12-8-4-6(11)2-3-7(8)9/h2-5,10-11H,9H2,1H3. The number of aliphatic hydroxyl groups excluding tert-OH is 1. The number of aromatic hydroxyl groups is 1. The minimum Gasteiger partial charge on any atom is -0.508 e. The lowest BCUT2D eigenvalue weighted by molar-refractivity contribution is 0.000175. The summed E-state index contributed by atoms with van der Waals surface area (Å²) in [6.45, 7) is 1.46. The molecule has 4 heteroatoms. The van der Waals surface area contributed by atoms with Crippen molar-refractivity contribution in [2.75, 3.05) is 5.73 Å². The van der Waals surface area contributed by atoms with Crippen molar-refractivity contribution in [1.29, 1.82) is 0 Å². The molecule has 1 unspecified atom stereocenters. The van der Waals surface area contributed by atoms with E-state index in [1.807, 2.05) is 0 Å². The Labute approximate surface area is 70.2 Å². The highest BCUT2D eigenvalue weighted by Crippen LogP contribution is 2.26. The Balaban J connectivity index is 2.90. The summed E-state index contributed by atoms with van der Waals surface area (Å²) < 4.78 is 4.90. The van der Waals surface area contributed by atoms with Gasteiger partial charge in [0.25, 0.3) is 0 Å². The molecule has 4 nitrogen and oxygen atoms in total. The van der Waals surface area contributed by atoms with Crippen LogP contribution < -0.4 is 10.5 Å². The van der Waals surface area contributed by atoms with Gasteiger partial charge in [0, 0.05) is 6.07 Å². The zero-order valence-electron chi connectivity index (χ0n) is 6.69. The molecule has 1 aromatic rings. The van der Waals surface area contributed by atoms with Crippen LogP contribution in [0.25, 0.3) is 0 Å². The Morgan fingerprint density at radius 2 is 2.17 bits per heavy atom. The Morgan fingerprint density at radius 3 is 2.75 bits per heavy atom. The summed E-state index contributed by atoms with van der Waals surface area (Å²) in [4.78, 5) is 0. The lowest BCUT2D eigenvalue weighted by Crippen LogP contribution is -2.10. The molecule has 0 spiro atoms. The largest absolute Gasteiger partial charge is 0.508 e. The highest BCUT2D eigenvalue weighted by Gasteiger charge is 2.03. The Kier molecular flexibility index (Phi) is 2.40. The number of benzene rings is 1. The van der Waals surface area contributed by atoms with Gasteiger partial charge in [0.05, 0.1) is 5.69 Å². The van der Waals surface area contributed by atoms with Crippen molar-refractivity contribution in [3.05, 3.63) is 18.2 Å². The van der Waals surface area contributed by atoms with E-state index in [0.717, 1.165) is 0 Å². The number of hydrogen-bond donors (Lipinski definition) is 3. The summed E-state index contributed by atoms with van der Waals surface area (Å²) in [5, 5.41) is 17.9. The van der Waals surface area contributed by atoms with E-state index in [9.17, 15) is 0 Å². The molecule has 0 bridgehead atoms. The molecular weight excluding hydrogens is 158 g/mol. The first kappa shape index (κ1) is 8.67. The lowest BCUT2D eigenvalue weighted by Gasteiger charge is -2.10. The summed E-state index contributed by atoms with van der Waals surface area (Å²) >= 11 is 0. The van der Waals surface area contributed by atoms with E-state index in [-0.39, 0.29) is 11.5 Å². The summed E-state index contributed by atoms with van der Waals surface area (Å²) in [5.41, 5.74) is 5.87. The van der Waals surface area contributed by atoms with Crippen LogP contribution >= 0.6 is 0 Å². The van der Waals surface area contributed by atoms with E-state index in [1.165, 1.54) is 25.1 Å². The molecule has 0 aliphatic rings. The van der Waals surface area contributed by atoms with Gasteiger partial charge in [0.2, 0.25) is 0 Å². The first-order chi connectivity index (χ1) is 5.59. The zero-order chi connectivity index (χ0) is 9.14. The number of ether oxygens (including phenoxy) is 1. The second-order valence-electron chi connectivity index (χ2n) is 2.44. The van der Waals surface area contributed by atoms with Gasteiger partial charge < -0.3 is 20.7 Å². The van der Waals surface area contributed by atoms with E-state index in [1.54, 1.807) is 0 Å². The van der Waals surface area contributed by atoms with Crippen molar-refractivity contribution >= 4 is 5.69 Å². The van der Waals surface area contributed by atoms with Crippen molar-refractivity contribution in [2.24, 2.45) is 0 Å². The second kappa shape index (κ2) is 3.32. The highest BCUT2D eigenvalue weighted by atomic mass is 16.6. The summed E-state index contributed by atoms with van der Waals surface area (Å²) in [5.74, 6) is 0.338. The molecule has 1 atom stereocenters. The van der Waals surface area contributed by atoms with E-state index in [2.05, 4.69) is 0 Å². The molecule has 0 aromatic heterocycles. The minimum atomic E-state index is -0.936. The van der Waals surface area contributed by atoms with Crippen molar-refractivity contribution in [3.63, 3.8) is 0 Å². The van der Waals surface area contributed by atoms with E-state index < -0.39 is 6.29 Å². The van der Waals surface area contributed by atoms with E-state index in [0.29, 0.717) is 5.69 Å². The van der Waals surface area contributed by atoms with Crippen molar-refractivity contribution in [2.45, 2.75) is 13.2 Å². The molecule has 1 rings (SSSR count). The third-order valence-electron chi connectivity index (χ3n) is 1.29. The molecule has 0 aliphatic heterocycles. The SMILES string of the molecule is CC(O)Oc1cc(O)ccc1N. The van der Waals surface area contributed by atoms with Gasteiger partial charge in [0.1, 0.15) is 11.5 Å². The number of rotatable bonds is 2. The molecule has 4 N–H and O–H groups in total. The fourth-order valence-electron chi connectivity index (χ4n) is 0.809. The first-order valence-corrected chi connectivity index (χ1v) is 3.53. The molecule has 0 aliphatic carbocycles. The van der Waals surface area contributed by atoms with Crippen LogP contribution in [0, 0.1) is 0 Å². The molecule has 0 saturated heterocycles. The molecule has 66 valence electrons. The molecule has 0 amide bonds. The van der Waals surface area contributed by atoms with Crippen molar-refractivity contribution in [3.8, 4) is 11.5 Å². The first-order valence-electron chi connectivity index (χ1n) is 3.53. The Bertz CT molecular complexity index is 273. The zero-order valence-corrected chi connectivity index (χ0v) is 6.69. The van der Waals surface area contributed by atoms with Gasteiger partial charge in [-0.25, -0.2) is 0 Å². The van der Waals surface area contributed by atoms with Crippen LogP contribution in [0.3, 0.4) is 0 Å². The molecule has 0 fully saturated rings. The van der Waals surface area contributed by atoms with Gasteiger partial charge in [-0.3, -0.25) is 0 Å². The van der Waals surface area contributed by atoms with Crippen LogP contribution in [0.15, 0.2) is 18.2 Å². The fraction of sp³-hybridized carbons (Fsp3) is 0.250. The topological polar surface area (TPSA) is 75.7 Å². The average Bonchev–Trinajstić information content (AvgIpc) is 1.96. The lowest BCUT2D eigenvalue weighted by atomic mass is 10.3. The second-order valence-corrected chi connectivity index (χ2v) is 2.44. The maximum atomic E-state index is 9.03. The molecule has 0 saturated carbocycles. The van der Waals surface area contributed by atoms with Gasteiger partial charge in [-0.1, -0.05) is 0 Å². The van der Waals surface area contributed by atoms with Crippen LogP contribution in [0.5, 0.6) is 11.5 Å². The van der Waals surface area contributed by atoms with Gasteiger partial charge >= 0.3 is 0 Å². The quantitative estimate of drug-likeness (QED) is 0.346. The summed E-state index contributed by atoms with van der Waals surface area (Å²) in [7, 11) is 0. The van der Waals surface area contributed by atoms with Gasteiger partial charge in [-0.15, -0.1) is 0 Å². The number of hydrogen-bond acceptors (Lipinski definition) is 4. The average molecular weight is 169 g/mol. The molecule has 0 radical (unpaired) electrons. The number of phenols is 1. The maximum Gasteiger partial charge on any atom is 0.194 e. The van der Waals surface area contributed by atoms with E-state index >= 15 is 0 Å². The van der Waals surface area contributed by atoms with Crippen molar-refractivity contribution < 1.29 is 14.9 Å². The number of nitrogen functional groups attached to an aromatic ring is 1. The summed E-state index contributed by atoms with van der Waals surface area (Å²) in [6, 6.07) is 4.30. The van der Waals surface area contributed by atoms with Crippen molar-refractivity contribution in [1.82, 2.24) is 0 Å². The molecular formula is C8H11NO3. The van der Waals surface area contributed by atoms with Crippen LogP contribution in [0.1, 0.15) is 6.92 Å². The minimum absolute atomic E-state index is 0.0554.